The number of aromatic nitrogens is 2. The molecule has 0 aromatic carbocycles. The number of likely N-dealkylation sites (N-methyl/N-ethyl adjacent to an activating group) is 1. The van der Waals surface area contributed by atoms with Crippen molar-refractivity contribution in [2.75, 3.05) is 38.1 Å². The Bertz CT molecular complexity index is 631. The molecule has 2 aromatic heterocycles. The average molecular weight is 287 g/mol. The Morgan fingerprint density at radius 2 is 2.10 bits per heavy atom. The lowest BCUT2D eigenvalue weighted by Gasteiger charge is -2.45. The fourth-order valence-corrected chi connectivity index (χ4v) is 3.08. The number of pyridine rings is 1. The zero-order chi connectivity index (χ0) is 15.0. The topological polar surface area (TPSA) is 49.8 Å². The largest absolute Gasteiger partial charge is 0.352 e. The van der Waals surface area contributed by atoms with Crippen LogP contribution in [0.25, 0.3) is 5.65 Å². The Hall–Kier alpha value is -1.59. The summed E-state index contributed by atoms with van der Waals surface area (Å²) >= 11 is 0. The van der Waals surface area contributed by atoms with Crippen molar-refractivity contribution < 1.29 is 0 Å². The second kappa shape index (κ2) is 5.31. The van der Waals surface area contributed by atoms with Crippen LogP contribution in [0.1, 0.15) is 19.5 Å². The third-order valence-electron chi connectivity index (χ3n) is 4.60. The van der Waals surface area contributed by atoms with Gasteiger partial charge in [-0.3, -0.25) is 4.90 Å². The highest BCUT2D eigenvalue weighted by Crippen LogP contribution is 2.27. The van der Waals surface area contributed by atoms with E-state index in [0.717, 1.165) is 37.5 Å². The Morgan fingerprint density at radius 1 is 1.29 bits per heavy atom. The molecule has 3 rings (SSSR count). The van der Waals surface area contributed by atoms with E-state index in [1.54, 1.807) is 0 Å². The van der Waals surface area contributed by atoms with Gasteiger partial charge in [0, 0.05) is 37.8 Å². The summed E-state index contributed by atoms with van der Waals surface area (Å²) in [5.41, 5.74) is 8.21. The predicted molar refractivity (Wildman–Crippen MR) is 86.9 cm³/mol. The van der Waals surface area contributed by atoms with E-state index in [1.807, 2.05) is 12.1 Å². The van der Waals surface area contributed by atoms with Gasteiger partial charge in [0.2, 0.25) is 0 Å². The van der Waals surface area contributed by atoms with Gasteiger partial charge < -0.3 is 15.0 Å². The van der Waals surface area contributed by atoms with E-state index in [0.29, 0.717) is 6.54 Å². The monoisotopic (exact) mass is 287 g/mol. The standard InChI is InChI=1S/C16H25N5/c1-16(2)12-20(11-10-19(16)3)15-13(7-8-17)21-9-5-4-6-14(21)18-15/h4-6,9H,7-8,10-12,17H2,1-3H3. The summed E-state index contributed by atoms with van der Waals surface area (Å²) in [5, 5.41) is 0. The molecule has 5 nitrogen and oxygen atoms in total. The maximum atomic E-state index is 5.82. The summed E-state index contributed by atoms with van der Waals surface area (Å²) in [5.74, 6) is 1.10. The van der Waals surface area contributed by atoms with Gasteiger partial charge in [-0.2, -0.15) is 0 Å². The first-order chi connectivity index (χ1) is 10.0. The van der Waals surface area contributed by atoms with Gasteiger partial charge in [-0.15, -0.1) is 0 Å². The highest BCUT2D eigenvalue weighted by atomic mass is 15.3. The van der Waals surface area contributed by atoms with Crippen molar-refractivity contribution in [3.8, 4) is 0 Å². The minimum absolute atomic E-state index is 0.161. The van der Waals surface area contributed by atoms with Crippen molar-refractivity contribution in [1.29, 1.82) is 0 Å². The smallest absolute Gasteiger partial charge is 0.151 e. The summed E-state index contributed by atoms with van der Waals surface area (Å²) in [6.07, 6.45) is 2.94. The number of imidazole rings is 1. The molecule has 1 saturated heterocycles. The van der Waals surface area contributed by atoms with Crippen molar-refractivity contribution in [1.82, 2.24) is 14.3 Å². The number of hydrogen-bond donors (Lipinski definition) is 1. The lowest BCUT2D eigenvalue weighted by atomic mass is 9.99. The summed E-state index contributed by atoms with van der Waals surface area (Å²) in [6, 6.07) is 6.14. The van der Waals surface area contributed by atoms with Crippen LogP contribution in [-0.4, -0.2) is 53.1 Å². The van der Waals surface area contributed by atoms with Crippen LogP contribution in [0.4, 0.5) is 5.82 Å². The number of fused-ring (bicyclic) bond motifs is 1. The molecule has 3 heterocycles. The Balaban J connectivity index is 2.01. The van der Waals surface area contributed by atoms with Gasteiger partial charge in [-0.1, -0.05) is 6.07 Å². The maximum Gasteiger partial charge on any atom is 0.151 e. The van der Waals surface area contributed by atoms with Crippen LogP contribution in [0.3, 0.4) is 0 Å². The number of hydrogen-bond acceptors (Lipinski definition) is 4. The minimum atomic E-state index is 0.161. The van der Waals surface area contributed by atoms with Gasteiger partial charge in [0.25, 0.3) is 0 Å². The molecule has 5 heteroatoms. The molecule has 0 bridgehead atoms. The Kier molecular flexibility index (Phi) is 3.63. The van der Waals surface area contributed by atoms with Gasteiger partial charge >= 0.3 is 0 Å². The van der Waals surface area contributed by atoms with E-state index in [-0.39, 0.29) is 5.54 Å². The lowest BCUT2D eigenvalue weighted by Crippen LogP contribution is -2.58. The van der Waals surface area contributed by atoms with Crippen molar-refractivity contribution in [3.05, 3.63) is 30.1 Å². The van der Waals surface area contributed by atoms with Crippen LogP contribution in [0, 0.1) is 0 Å². The maximum absolute atomic E-state index is 5.82. The van der Waals surface area contributed by atoms with Crippen molar-refractivity contribution >= 4 is 11.5 Å². The number of rotatable bonds is 3. The van der Waals surface area contributed by atoms with Crippen LogP contribution >= 0.6 is 0 Å². The van der Waals surface area contributed by atoms with E-state index >= 15 is 0 Å². The van der Waals surface area contributed by atoms with Crippen LogP contribution < -0.4 is 10.6 Å². The predicted octanol–water partition coefficient (Wildman–Crippen LogP) is 1.37. The van der Waals surface area contributed by atoms with Crippen LogP contribution in [0.15, 0.2) is 24.4 Å². The van der Waals surface area contributed by atoms with Crippen molar-refractivity contribution in [3.63, 3.8) is 0 Å². The summed E-state index contributed by atoms with van der Waals surface area (Å²) in [7, 11) is 2.20. The molecule has 0 spiro atoms. The first kappa shape index (κ1) is 14.4. The third-order valence-corrected chi connectivity index (χ3v) is 4.60. The number of nitrogens with two attached hydrogens (primary N) is 1. The number of anilines is 1. The van der Waals surface area contributed by atoms with Crippen LogP contribution in [0.5, 0.6) is 0 Å². The highest BCUT2D eigenvalue weighted by molar-refractivity contribution is 5.56. The summed E-state index contributed by atoms with van der Waals surface area (Å²) in [6.45, 7) is 8.29. The SMILES string of the molecule is CN1CCN(c2nc3ccccn3c2CCN)CC1(C)C. The second-order valence-corrected chi connectivity index (χ2v) is 6.51. The molecule has 0 aliphatic carbocycles. The van der Waals surface area contributed by atoms with E-state index in [4.69, 9.17) is 10.7 Å². The number of piperazine rings is 1. The molecule has 2 aromatic rings. The highest BCUT2D eigenvalue weighted by Gasteiger charge is 2.33. The van der Waals surface area contributed by atoms with Gasteiger partial charge in [0.15, 0.2) is 5.82 Å². The molecule has 0 atom stereocenters. The molecular weight excluding hydrogens is 262 g/mol. The van der Waals surface area contributed by atoms with Gasteiger partial charge in [-0.05, 0) is 39.6 Å². The zero-order valence-corrected chi connectivity index (χ0v) is 13.2. The minimum Gasteiger partial charge on any atom is -0.352 e. The molecule has 21 heavy (non-hydrogen) atoms. The van der Waals surface area contributed by atoms with Gasteiger partial charge in [0.1, 0.15) is 5.65 Å². The van der Waals surface area contributed by atoms with E-state index in [1.165, 1.54) is 5.69 Å². The van der Waals surface area contributed by atoms with E-state index in [2.05, 4.69) is 47.4 Å². The molecule has 0 unspecified atom stereocenters. The first-order valence-corrected chi connectivity index (χ1v) is 7.65. The summed E-state index contributed by atoms with van der Waals surface area (Å²) in [4.78, 5) is 9.69. The Labute approximate surface area is 126 Å². The van der Waals surface area contributed by atoms with E-state index < -0.39 is 0 Å². The normalized spacial score (nSPS) is 19.3. The van der Waals surface area contributed by atoms with E-state index in [9.17, 15) is 0 Å². The molecule has 0 amide bonds. The van der Waals surface area contributed by atoms with Gasteiger partial charge in [0.05, 0.1) is 5.69 Å². The molecule has 114 valence electrons. The van der Waals surface area contributed by atoms with Gasteiger partial charge in [-0.25, -0.2) is 4.98 Å². The second-order valence-electron chi connectivity index (χ2n) is 6.51. The summed E-state index contributed by atoms with van der Waals surface area (Å²) < 4.78 is 2.17. The Morgan fingerprint density at radius 3 is 2.81 bits per heavy atom. The average Bonchev–Trinajstić information content (AvgIpc) is 2.81. The molecule has 2 N–H and O–H groups in total. The van der Waals surface area contributed by atoms with Crippen molar-refractivity contribution in [2.24, 2.45) is 5.73 Å². The first-order valence-electron chi connectivity index (χ1n) is 7.65. The lowest BCUT2D eigenvalue weighted by molar-refractivity contribution is 0.138. The fourth-order valence-electron chi connectivity index (χ4n) is 3.08. The number of nitrogens with zero attached hydrogens (tertiary/aromatic N) is 4. The molecule has 0 saturated carbocycles. The fraction of sp³-hybridized carbons (Fsp3) is 0.562. The molecule has 1 aliphatic rings. The molecular formula is C16H25N5. The van der Waals surface area contributed by atoms with Crippen LogP contribution in [0.2, 0.25) is 0 Å². The molecule has 0 radical (unpaired) electrons. The zero-order valence-electron chi connectivity index (χ0n) is 13.2. The van der Waals surface area contributed by atoms with Crippen LogP contribution in [-0.2, 0) is 6.42 Å². The quantitative estimate of drug-likeness (QED) is 0.926. The van der Waals surface area contributed by atoms with Crippen molar-refractivity contribution in [2.45, 2.75) is 25.8 Å². The third kappa shape index (κ3) is 2.51. The molecule has 1 fully saturated rings. The molecule has 1 aliphatic heterocycles.